The van der Waals surface area contributed by atoms with Crippen LogP contribution in [0.5, 0.6) is 5.75 Å². The molecule has 2 rings (SSSR count). The lowest BCUT2D eigenvalue weighted by atomic mass is 10.2. The molecule has 0 spiro atoms. The van der Waals surface area contributed by atoms with E-state index < -0.39 is 10.0 Å². The monoisotopic (exact) mass is 255 g/mol. The first kappa shape index (κ1) is 12.4. The summed E-state index contributed by atoms with van der Waals surface area (Å²) >= 11 is 0. The van der Waals surface area contributed by atoms with Crippen molar-refractivity contribution in [1.82, 2.24) is 4.31 Å². The van der Waals surface area contributed by atoms with Crippen molar-refractivity contribution >= 4 is 10.0 Å². The van der Waals surface area contributed by atoms with Crippen LogP contribution in [0, 0.1) is 0 Å². The van der Waals surface area contributed by atoms with Crippen molar-refractivity contribution in [3.8, 4) is 5.75 Å². The molecule has 0 aliphatic carbocycles. The third-order valence-electron chi connectivity index (χ3n) is 2.87. The van der Waals surface area contributed by atoms with Crippen LogP contribution >= 0.6 is 0 Å². The van der Waals surface area contributed by atoms with Crippen molar-refractivity contribution in [2.45, 2.75) is 26.5 Å². The highest BCUT2D eigenvalue weighted by molar-refractivity contribution is 7.89. The van der Waals surface area contributed by atoms with Crippen molar-refractivity contribution < 1.29 is 13.2 Å². The maximum absolute atomic E-state index is 11.9. The van der Waals surface area contributed by atoms with Crippen LogP contribution in [0.25, 0.3) is 0 Å². The molecule has 1 aliphatic rings. The van der Waals surface area contributed by atoms with Gasteiger partial charge in [0.1, 0.15) is 11.9 Å². The van der Waals surface area contributed by atoms with Gasteiger partial charge in [0.25, 0.3) is 0 Å². The standard InChI is InChI=1S/C12H17NO3S/c1-3-17(14,15)13-8-10(2)16-12-7-5-4-6-11(12)9-13/h4-7,10H,3,8-9H2,1-2H3. The number of rotatable bonds is 2. The van der Waals surface area contributed by atoms with Crippen LogP contribution in [0.4, 0.5) is 0 Å². The second kappa shape index (κ2) is 4.66. The smallest absolute Gasteiger partial charge is 0.214 e. The Hall–Kier alpha value is -1.07. The maximum atomic E-state index is 11.9. The van der Waals surface area contributed by atoms with E-state index in [-0.39, 0.29) is 11.9 Å². The Morgan fingerprint density at radius 3 is 2.82 bits per heavy atom. The first-order chi connectivity index (χ1) is 8.03. The van der Waals surface area contributed by atoms with Crippen molar-refractivity contribution in [3.63, 3.8) is 0 Å². The van der Waals surface area contributed by atoms with Crippen LogP contribution in [0.1, 0.15) is 19.4 Å². The fourth-order valence-corrected chi connectivity index (χ4v) is 3.08. The van der Waals surface area contributed by atoms with Crippen LogP contribution in [0.15, 0.2) is 24.3 Å². The van der Waals surface area contributed by atoms with E-state index in [0.29, 0.717) is 13.1 Å². The molecule has 0 aromatic heterocycles. The van der Waals surface area contributed by atoms with E-state index in [1.165, 1.54) is 4.31 Å². The molecule has 1 unspecified atom stereocenters. The lowest BCUT2D eigenvalue weighted by molar-refractivity contribution is 0.201. The van der Waals surface area contributed by atoms with E-state index in [9.17, 15) is 8.42 Å². The molecule has 1 aromatic carbocycles. The number of para-hydroxylation sites is 1. The topological polar surface area (TPSA) is 46.6 Å². The van der Waals surface area contributed by atoms with Gasteiger partial charge >= 0.3 is 0 Å². The van der Waals surface area contributed by atoms with E-state index in [1.54, 1.807) is 6.92 Å². The molecule has 1 heterocycles. The predicted molar refractivity (Wildman–Crippen MR) is 66.4 cm³/mol. The quantitative estimate of drug-likeness (QED) is 0.806. The Balaban J connectivity index is 2.36. The van der Waals surface area contributed by atoms with E-state index in [1.807, 2.05) is 31.2 Å². The van der Waals surface area contributed by atoms with Gasteiger partial charge in [-0.15, -0.1) is 0 Å². The molecular formula is C12H17NO3S. The SMILES string of the molecule is CCS(=O)(=O)N1Cc2ccccc2OC(C)C1. The normalized spacial score (nSPS) is 21.4. The molecule has 0 bridgehead atoms. The highest BCUT2D eigenvalue weighted by Gasteiger charge is 2.27. The van der Waals surface area contributed by atoms with Crippen molar-refractivity contribution in [3.05, 3.63) is 29.8 Å². The number of nitrogens with zero attached hydrogens (tertiary/aromatic N) is 1. The molecule has 0 saturated heterocycles. The Morgan fingerprint density at radius 1 is 1.41 bits per heavy atom. The summed E-state index contributed by atoms with van der Waals surface area (Å²) in [6, 6.07) is 7.59. The highest BCUT2D eigenvalue weighted by atomic mass is 32.2. The Bertz CT molecular complexity index is 498. The van der Waals surface area contributed by atoms with Crippen molar-refractivity contribution in [2.24, 2.45) is 0 Å². The van der Waals surface area contributed by atoms with Crippen LogP contribution < -0.4 is 4.74 Å². The number of fused-ring (bicyclic) bond motifs is 1. The summed E-state index contributed by atoms with van der Waals surface area (Å²) in [6.45, 7) is 4.36. The van der Waals surface area contributed by atoms with Crippen LogP contribution in [0.3, 0.4) is 0 Å². The minimum Gasteiger partial charge on any atom is -0.489 e. The minimum atomic E-state index is -3.17. The fourth-order valence-electron chi connectivity index (χ4n) is 1.94. The number of benzene rings is 1. The maximum Gasteiger partial charge on any atom is 0.214 e. The van der Waals surface area contributed by atoms with Crippen LogP contribution in [-0.4, -0.2) is 31.1 Å². The zero-order valence-corrected chi connectivity index (χ0v) is 10.9. The molecule has 1 atom stereocenters. The molecule has 17 heavy (non-hydrogen) atoms. The summed E-state index contributed by atoms with van der Waals surface area (Å²) in [7, 11) is -3.17. The molecule has 1 aliphatic heterocycles. The molecule has 0 amide bonds. The molecule has 0 saturated carbocycles. The third kappa shape index (κ3) is 2.61. The van der Waals surface area contributed by atoms with Gasteiger partial charge in [0, 0.05) is 12.1 Å². The average Bonchev–Trinajstić information content (AvgIpc) is 2.47. The van der Waals surface area contributed by atoms with Crippen molar-refractivity contribution in [1.29, 1.82) is 0 Å². The van der Waals surface area contributed by atoms with Crippen LogP contribution in [-0.2, 0) is 16.6 Å². The largest absolute Gasteiger partial charge is 0.489 e. The molecule has 5 heteroatoms. The Morgan fingerprint density at radius 2 is 2.12 bits per heavy atom. The van der Waals surface area contributed by atoms with Gasteiger partial charge in [-0.1, -0.05) is 18.2 Å². The number of hydrogen-bond donors (Lipinski definition) is 0. The fraction of sp³-hybridized carbons (Fsp3) is 0.500. The second-order valence-electron chi connectivity index (χ2n) is 4.23. The molecule has 1 aromatic rings. The predicted octanol–water partition coefficient (Wildman–Crippen LogP) is 1.62. The van der Waals surface area contributed by atoms with E-state index >= 15 is 0 Å². The van der Waals surface area contributed by atoms with Gasteiger partial charge in [-0.05, 0) is 19.9 Å². The Kier molecular flexibility index (Phi) is 3.40. The minimum absolute atomic E-state index is 0.125. The summed E-state index contributed by atoms with van der Waals surface area (Å²) in [5, 5.41) is 0. The number of ether oxygens (including phenoxy) is 1. The first-order valence-electron chi connectivity index (χ1n) is 5.75. The number of hydrogen-bond acceptors (Lipinski definition) is 3. The zero-order valence-electron chi connectivity index (χ0n) is 10.1. The number of sulfonamides is 1. The first-order valence-corrected chi connectivity index (χ1v) is 7.36. The van der Waals surface area contributed by atoms with Gasteiger partial charge in [-0.3, -0.25) is 0 Å². The van der Waals surface area contributed by atoms with Gasteiger partial charge in [0.05, 0.1) is 12.3 Å². The molecule has 0 N–H and O–H groups in total. The van der Waals surface area contributed by atoms with E-state index in [4.69, 9.17) is 4.74 Å². The molecule has 0 fully saturated rings. The van der Waals surface area contributed by atoms with E-state index in [0.717, 1.165) is 11.3 Å². The summed E-state index contributed by atoms with van der Waals surface area (Å²) in [5.41, 5.74) is 0.925. The van der Waals surface area contributed by atoms with Gasteiger partial charge < -0.3 is 4.74 Å². The second-order valence-corrected chi connectivity index (χ2v) is 6.49. The molecule has 94 valence electrons. The lowest BCUT2D eigenvalue weighted by Crippen LogP contribution is -2.36. The third-order valence-corrected chi connectivity index (χ3v) is 4.66. The summed E-state index contributed by atoms with van der Waals surface area (Å²) in [5.74, 6) is 0.913. The summed E-state index contributed by atoms with van der Waals surface area (Å²) in [4.78, 5) is 0. The molecular weight excluding hydrogens is 238 g/mol. The summed E-state index contributed by atoms with van der Waals surface area (Å²) in [6.07, 6.45) is -0.125. The van der Waals surface area contributed by atoms with E-state index in [2.05, 4.69) is 0 Å². The summed E-state index contributed by atoms with van der Waals surface area (Å²) < 4.78 is 31.1. The van der Waals surface area contributed by atoms with Gasteiger partial charge in [0.15, 0.2) is 0 Å². The zero-order chi connectivity index (χ0) is 12.5. The van der Waals surface area contributed by atoms with Crippen LogP contribution in [0.2, 0.25) is 0 Å². The molecule has 0 radical (unpaired) electrons. The molecule has 4 nitrogen and oxygen atoms in total. The highest BCUT2D eigenvalue weighted by Crippen LogP contribution is 2.26. The van der Waals surface area contributed by atoms with Gasteiger partial charge in [-0.25, -0.2) is 8.42 Å². The van der Waals surface area contributed by atoms with Gasteiger partial charge in [0.2, 0.25) is 10.0 Å². The average molecular weight is 255 g/mol. The Labute approximate surface area is 102 Å². The van der Waals surface area contributed by atoms with Gasteiger partial charge in [-0.2, -0.15) is 4.31 Å². The lowest BCUT2D eigenvalue weighted by Gasteiger charge is -2.20. The van der Waals surface area contributed by atoms with Crippen molar-refractivity contribution in [2.75, 3.05) is 12.3 Å².